The maximum atomic E-state index is 6.26. The van der Waals surface area contributed by atoms with Crippen LogP contribution in [0.1, 0.15) is 5.69 Å². The summed E-state index contributed by atoms with van der Waals surface area (Å²) in [6.45, 7) is 1.90. The van der Waals surface area contributed by atoms with E-state index in [0.29, 0.717) is 38.5 Å². The van der Waals surface area contributed by atoms with Crippen LogP contribution in [0.2, 0.25) is 10.0 Å². The summed E-state index contributed by atoms with van der Waals surface area (Å²) < 4.78 is 12.1. The molecule has 0 aliphatic heterocycles. The van der Waals surface area contributed by atoms with Crippen LogP contribution in [0.15, 0.2) is 35.0 Å². The second-order valence-electron chi connectivity index (χ2n) is 5.29. The fourth-order valence-corrected chi connectivity index (χ4v) is 2.85. The first kappa shape index (κ1) is 15.9. The molecule has 0 unspecified atom stereocenters. The Morgan fingerprint density at radius 3 is 2.76 bits per heavy atom. The molecule has 25 heavy (non-hydrogen) atoms. The molecule has 0 N–H and O–H groups in total. The van der Waals surface area contributed by atoms with Crippen molar-refractivity contribution in [2.75, 3.05) is 7.11 Å². The van der Waals surface area contributed by atoms with Gasteiger partial charge in [-0.3, -0.25) is 0 Å². The highest BCUT2D eigenvalue weighted by molar-refractivity contribution is 6.36. The van der Waals surface area contributed by atoms with Gasteiger partial charge in [0.2, 0.25) is 5.82 Å². The third-order valence-corrected chi connectivity index (χ3v) is 4.19. The molecule has 3 heterocycles. The van der Waals surface area contributed by atoms with E-state index in [9.17, 15) is 0 Å². The SMILES string of the molecule is COc1cc(Cl)c(-c2noc(-c3cn4nc(C)ccc4n3)n2)cc1Cl. The number of rotatable bonds is 3. The Balaban J connectivity index is 1.75. The van der Waals surface area contributed by atoms with Crippen molar-refractivity contribution in [1.82, 2.24) is 24.7 Å². The summed E-state index contributed by atoms with van der Waals surface area (Å²) in [6.07, 6.45) is 1.72. The molecule has 1 aromatic carbocycles. The van der Waals surface area contributed by atoms with Crippen LogP contribution in [-0.2, 0) is 0 Å². The summed E-state index contributed by atoms with van der Waals surface area (Å²) in [6, 6.07) is 6.98. The molecular weight excluding hydrogens is 365 g/mol. The Hall–Kier alpha value is -2.64. The third-order valence-electron chi connectivity index (χ3n) is 3.58. The van der Waals surface area contributed by atoms with E-state index < -0.39 is 0 Å². The Labute approximate surface area is 152 Å². The lowest BCUT2D eigenvalue weighted by atomic mass is 10.2. The number of aryl methyl sites for hydroxylation is 1. The normalized spacial score (nSPS) is 11.2. The van der Waals surface area contributed by atoms with Crippen molar-refractivity contribution in [3.05, 3.63) is 46.2 Å². The molecule has 0 aliphatic carbocycles. The molecule has 0 saturated heterocycles. The van der Waals surface area contributed by atoms with E-state index >= 15 is 0 Å². The fourth-order valence-electron chi connectivity index (χ4n) is 2.37. The molecule has 0 radical (unpaired) electrons. The first-order chi connectivity index (χ1) is 12.0. The number of hydrogen-bond acceptors (Lipinski definition) is 6. The quantitative estimate of drug-likeness (QED) is 0.536. The predicted octanol–water partition coefficient (Wildman–Crippen LogP) is 4.07. The average molecular weight is 376 g/mol. The van der Waals surface area contributed by atoms with Gasteiger partial charge >= 0.3 is 0 Å². The summed E-state index contributed by atoms with van der Waals surface area (Å²) in [4.78, 5) is 8.78. The van der Waals surface area contributed by atoms with Gasteiger partial charge in [0.1, 0.15) is 11.4 Å². The van der Waals surface area contributed by atoms with Crippen LogP contribution in [0.5, 0.6) is 5.75 Å². The Kier molecular flexibility index (Phi) is 3.82. The largest absolute Gasteiger partial charge is 0.495 e. The third kappa shape index (κ3) is 2.81. The number of ether oxygens (including phenoxy) is 1. The summed E-state index contributed by atoms with van der Waals surface area (Å²) in [5.41, 5.74) is 2.63. The molecule has 7 nitrogen and oxygen atoms in total. The maximum Gasteiger partial charge on any atom is 0.278 e. The smallest absolute Gasteiger partial charge is 0.278 e. The molecule has 0 aliphatic rings. The molecule has 0 atom stereocenters. The lowest BCUT2D eigenvalue weighted by Crippen LogP contribution is -1.91. The molecule has 0 saturated carbocycles. The minimum atomic E-state index is 0.265. The van der Waals surface area contributed by atoms with Crippen molar-refractivity contribution in [1.29, 1.82) is 0 Å². The number of methoxy groups -OCH3 is 1. The Morgan fingerprint density at radius 2 is 1.96 bits per heavy atom. The molecule has 3 aromatic heterocycles. The van der Waals surface area contributed by atoms with Crippen molar-refractivity contribution < 1.29 is 9.26 Å². The number of halogens is 2. The van der Waals surface area contributed by atoms with Gasteiger partial charge in [-0.25, -0.2) is 9.50 Å². The van der Waals surface area contributed by atoms with E-state index in [1.165, 1.54) is 7.11 Å². The zero-order chi connectivity index (χ0) is 17.6. The number of imidazole rings is 1. The molecule has 0 fully saturated rings. The van der Waals surface area contributed by atoms with Crippen LogP contribution in [0.25, 0.3) is 28.6 Å². The second-order valence-corrected chi connectivity index (χ2v) is 6.11. The molecule has 0 bridgehead atoms. The summed E-state index contributed by atoms with van der Waals surface area (Å²) >= 11 is 12.4. The van der Waals surface area contributed by atoms with Crippen molar-refractivity contribution in [3.63, 3.8) is 0 Å². The number of benzene rings is 1. The van der Waals surface area contributed by atoms with Crippen molar-refractivity contribution >= 4 is 28.8 Å². The number of aromatic nitrogens is 5. The van der Waals surface area contributed by atoms with Crippen LogP contribution in [0.4, 0.5) is 0 Å². The van der Waals surface area contributed by atoms with Gasteiger partial charge in [-0.2, -0.15) is 10.1 Å². The highest BCUT2D eigenvalue weighted by Crippen LogP contribution is 2.36. The van der Waals surface area contributed by atoms with E-state index in [4.69, 9.17) is 32.5 Å². The van der Waals surface area contributed by atoms with Gasteiger partial charge in [0.15, 0.2) is 5.65 Å². The van der Waals surface area contributed by atoms with Crippen molar-refractivity contribution in [2.45, 2.75) is 6.92 Å². The predicted molar refractivity (Wildman–Crippen MR) is 93.0 cm³/mol. The van der Waals surface area contributed by atoms with Gasteiger partial charge in [0.05, 0.1) is 29.0 Å². The van der Waals surface area contributed by atoms with E-state index in [0.717, 1.165) is 5.69 Å². The number of nitrogens with zero attached hydrogens (tertiary/aromatic N) is 5. The zero-order valence-electron chi connectivity index (χ0n) is 13.2. The van der Waals surface area contributed by atoms with Crippen LogP contribution in [-0.4, -0.2) is 31.8 Å². The van der Waals surface area contributed by atoms with Gasteiger partial charge in [-0.1, -0.05) is 28.4 Å². The summed E-state index contributed by atoms with van der Waals surface area (Å²) in [7, 11) is 1.52. The first-order valence-corrected chi connectivity index (χ1v) is 8.01. The van der Waals surface area contributed by atoms with Crippen LogP contribution in [0.3, 0.4) is 0 Å². The summed E-state index contributed by atoms with van der Waals surface area (Å²) in [5.74, 6) is 1.05. The summed E-state index contributed by atoms with van der Waals surface area (Å²) in [5, 5.41) is 9.12. The van der Waals surface area contributed by atoms with E-state index in [1.807, 2.05) is 19.1 Å². The lowest BCUT2D eigenvalue weighted by Gasteiger charge is -2.05. The minimum Gasteiger partial charge on any atom is -0.495 e. The highest BCUT2D eigenvalue weighted by atomic mass is 35.5. The first-order valence-electron chi connectivity index (χ1n) is 7.25. The fraction of sp³-hybridized carbons (Fsp3) is 0.125. The van der Waals surface area contributed by atoms with E-state index in [-0.39, 0.29) is 5.89 Å². The van der Waals surface area contributed by atoms with Crippen LogP contribution in [0, 0.1) is 6.92 Å². The average Bonchev–Trinajstić information content (AvgIpc) is 3.22. The number of fused-ring (bicyclic) bond motifs is 1. The van der Waals surface area contributed by atoms with E-state index in [2.05, 4.69) is 20.2 Å². The lowest BCUT2D eigenvalue weighted by molar-refractivity contribution is 0.415. The maximum absolute atomic E-state index is 6.26. The standard InChI is InChI=1S/C16H11Cl2N5O2/c1-8-3-4-14-19-12(7-23(14)21-8)16-20-15(22-25-16)9-5-11(18)13(24-2)6-10(9)17/h3-7H,1-2H3. The Morgan fingerprint density at radius 1 is 1.12 bits per heavy atom. The monoisotopic (exact) mass is 375 g/mol. The molecule has 0 amide bonds. The molecule has 4 aromatic rings. The van der Waals surface area contributed by atoms with Gasteiger partial charge in [0.25, 0.3) is 5.89 Å². The Bertz CT molecular complexity index is 1090. The van der Waals surface area contributed by atoms with Gasteiger partial charge in [0, 0.05) is 11.6 Å². The number of hydrogen-bond donors (Lipinski definition) is 0. The molecule has 0 spiro atoms. The molecule has 4 rings (SSSR count). The van der Waals surface area contributed by atoms with Gasteiger partial charge < -0.3 is 9.26 Å². The minimum absolute atomic E-state index is 0.265. The molecular formula is C16H11Cl2N5O2. The highest BCUT2D eigenvalue weighted by Gasteiger charge is 2.18. The molecule has 9 heteroatoms. The van der Waals surface area contributed by atoms with Crippen LogP contribution < -0.4 is 4.74 Å². The topological polar surface area (TPSA) is 78.3 Å². The van der Waals surface area contributed by atoms with Gasteiger partial charge in [-0.05, 0) is 25.1 Å². The second kappa shape index (κ2) is 6.02. The van der Waals surface area contributed by atoms with Crippen molar-refractivity contribution in [2.24, 2.45) is 0 Å². The van der Waals surface area contributed by atoms with Crippen molar-refractivity contribution in [3.8, 4) is 28.7 Å². The van der Waals surface area contributed by atoms with Gasteiger partial charge in [-0.15, -0.1) is 0 Å². The zero-order valence-corrected chi connectivity index (χ0v) is 14.7. The van der Waals surface area contributed by atoms with Crippen LogP contribution >= 0.6 is 23.2 Å². The molecule has 126 valence electrons. The van der Waals surface area contributed by atoms with E-state index in [1.54, 1.807) is 22.8 Å².